The van der Waals surface area contributed by atoms with Crippen LogP contribution in [0.2, 0.25) is 0 Å². The van der Waals surface area contributed by atoms with Crippen molar-refractivity contribution in [3.63, 3.8) is 0 Å². The summed E-state index contributed by atoms with van der Waals surface area (Å²) in [6.45, 7) is 0.394. The van der Waals surface area contributed by atoms with Gasteiger partial charge in [0.1, 0.15) is 0 Å². The summed E-state index contributed by atoms with van der Waals surface area (Å²) < 4.78 is 6.26. The van der Waals surface area contributed by atoms with E-state index in [1.165, 1.54) is 7.11 Å². The molecule has 2 aromatic rings. The van der Waals surface area contributed by atoms with Gasteiger partial charge in [-0.25, -0.2) is 9.48 Å². The Labute approximate surface area is 91.9 Å². The fourth-order valence-corrected chi connectivity index (χ4v) is 1.33. The molecule has 0 bridgehead atoms. The van der Waals surface area contributed by atoms with E-state index < -0.39 is 5.97 Å². The third kappa shape index (κ3) is 2.05. The topological polar surface area (TPSA) is 69.9 Å². The molecule has 0 N–H and O–H groups in total. The molecule has 0 unspecified atom stereocenters. The number of carbonyl (C=O) groups excluding carboxylic acids is 1. The Morgan fingerprint density at radius 1 is 1.50 bits per heavy atom. The van der Waals surface area contributed by atoms with Crippen molar-refractivity contribution >= 4 is 5.97 Å². The number of aromatic nitrogens is 4. The van der Waals surface area contributed by atoms with Gasteiger partial charge in [0, 0.05) is 12.4 Å². The predicted molar refractivity (Wildman–Crippen MR) is 54.7 cm³/mol. The summed E-state index contributed by atoms with van der Waals surface area (Å²) in [5.74, 6) is -0.400. The standard InChI is InChI=1S/C10H10N4O2/c1-16-10(15)8-3-2-4-11-9(8)7-14-6-5-12-13-14/h2-6H,7H2,1H3. The second kappa shape index (κ2) is 4.52. The Bertz CT molecular complexity index is 481. The second-order valence-corrected chi connectivity index (χ2v) is 3.09. The Morgan fingerprint density at radius 3 is 3.06 bits per heavy atom. The molecule has 2 heterocycles. The van der Waals surface area contributed by atoms with Crippen molar-refractivity contribution in [3.8, 4) is 0 Å². The number of rotatable bonds is 3. The molecule has 2 aromatic heterocycles. The summed E-state index contributed by atoms with van der Waals surface area (Å²) >= 11 is 0. The Kier molecular flexibility index (Phi) is 2.90. The van der Waals surface area contributed by atoms with Crippen LogP contribution in [0.3, 0.4) is 0 Å². The van der Waals surface area contributed by atoms with E-state index in [1.54, 1.807) is 35.4 Å². The lowest BCUT2D eigenvalue weighted by atomic mass is 10.2. The van der Waals surface area contributed by atoms with Crippen LogP contribution in [-0.2, 0) is 11.3 Å². The van der Waals surface area contributed by atoms with E-state index in [9.17, 15) is 4.79 Å². The van der Waals surface area contributed by atoms with Crippen molar-refractivity contribution in [1.82, 2.24) is 20.0 Å². The van der Waals surface area contributed by atoms with E-state index >= 15 is 0 Å². The smallest absolute Gasteiger partial charge is 0.339 e. The minimum atomic E-state index is -0.400. The first-order chi connectivity index (χ1) is 7.81. The van der Waals surface area contributed by atoms with Crippen LogP contribution < -0.4 is 0 Å². The lowest BCUT2D eigenvalue weighted by Crippen LogP contribution is -2.11. The number of ether oxygens (including phenoxy) is 1. The molecule has 0 aromatic carbocycles. The van der Waals surface area contributed by atoms with E-state index in [-0.39, 0.29) is 0 Å². The number of hydrogen-bond donors (Lipinski definition) is 0. The summed E-state index contributed by atoms with van der Waals surface area (Å²) in [5.41, 5.74) is 1.06. The minimum Gasteiger partial charge on any atom is -0.465 e. The van der Waals surface area contributed by atoms with E-state index in [1.807, 2.05) is 0 Å². The van der Waals surface area contributed by atoms with Gasteiger partial charge >= 0.3 is 5.97 Å². The summed E-state index contributed by atoms with van der Waals surface area (Å²) in [6, 6.07) is 3.36. The zero-order valence-electron chi connectivity index (χ0n) is 8.70. The fourth-order valence-electron chi connectivity index (χ4n) is 1.33. The van der Waals surface area contributed by atoms with Crippen LogP contribution in [0.4, 0.5) is 0 Å². The molecule has 0 aliphatic heterocycles. The summed E-state index contributed by atoms with van der Waals surface area (Å²) in [4.78, 5) is 15.6. The van der Waals surface area contributed by atoms with Crippen LogP contribution in [0.1, 0.15) is 16.1 Å². The number of pyridine rings is 1. The Balaban J connectivity index is 2.30. The number of carbonyl (C=O) groups is 1. The summed E-state index contributed by atoms with van der Waals surface area (Å²) in [6.07, 6.45) is 4.90. The molecule has 82 valence electrons. The van der Waals surface area contributed by atoms with E-state index in [4.69, 9.17) is 0 Å². The van der Waals surface area contributed by atoms with E-state index in [0.29, 0.717) is 17.8 Å². The van der Waals surface area contributed by atoms with Gasteiger partial charge < -0.3 is 4.74 Å². The lowest BCUT2D eigenvalue weighted by Gasteiger charge is -2.05. The SMILES string of the molecule is COC(=O)c1cccnc1Cn1ccnn1. The predicted octanol–water partition coefficient (Wildman–Crippen LogP) is 0.508. The lowest BCUT2D eigenvalue weighted by molar-refractivity contribution is 0.0598. The molecule has 2 rings (SSSR count). The van der Waals surface area contributed by atoms with Gasteiger partial charge in [-0.2, -0.15) is 0 Å². The van der Waals surface area contributed by atoms with Gasteiger partial charge in [-0.15, -0.1) is 5.10 Å². The van der Waals surface area contributed by atoms with Crippen LogP contribution in [0.5, 0.6) is 0 Å². The van der Waals surface area contributed by atoms with Gasteiger partial charge in [-0.1, -0.05) is 5.21 Å². The number of nitrogens with zero attached hydrogens (tertiary/aromatic N) is 4. The summed E-state index contributed by atoms with van der Waals surface area (Å²) in [5, 5.41) is 7.49. The first-order valence-electron chi connectivity index (χ1n) is 4.67. The molecule has 0 spiro atoms. The molecule has 0 aliphatic carbocycles. The quantitative estimate of drug-likeness (QED) is 0.702. The Hall–Kier alpha value is -2.24. The van der Waals surface area contributed by atoms with Crippen LogP contribution >= 0.6 is 0 Å². The molecule has 0 amide bonds. The van der Waals surface area contributed by atoms with Crippen molar-refractivity contribution in [2.75, 3.05) is 7.11 Å². The zero-order chi connectivity index (χ0) is 11.4. The van der Waals surface area contributed by atoms with E-state index in [0.717, 1.165) is 0 Å². The van der Waals surface area contributed by atoms with Crippen molar-refractivity contribution < 1.29 is 9.53 Å². The molecular formula is C10H10N4O2. The molecule has 0 fully saturated rings. The molecule has 0 aliphatic rings. The van der Waals surface area contributed by atoms with Gasteiger partial charge in [0.15, 0.2) is 0 Å². The molecule has 0 radical (unpaired) electrons. The van der Waals surface area contributed by atoms with Gasteiger partial charge in [0.25, 0.3) is 0 Å². The third-order valence-electron chi connectivity index (χ3n) is 2.08. The van der Waals surface area contributed by atoms with Gasteiger partial charge in [-0.3, -0.25) is 4.98 Å². The fraction of sp³-hybridized carbons (Fsp3) is 0.200. The molecule has 0 atom stereocenters. The number of esters is 1. The highest BCUT2D eigenvalue weighted by Gasteiger charge is 2.12. The van der Waals surface area contributed by atoms with Crippen LogP contribution in [-0.4, -0.2) is 33.1 Å². The monoisotopic (exact) mass is 218 g/mol. The highest BCUT2D eigenvalue weighted by molar-refractivity contribution is 5.90. The maximum atomic E-state index is 11.5. The normalized spacial score (nSPS) is 10.1. The maximum Gasteiger partial charge on any atom is 0.339 e. The Morgan fingerprint density at radius 2 is 2.38 bits per heavy atom. The molecule has 0 saturated carbocycles. The van der Waals surface area contributed by atoms with Crippen molar-refractivity contribution in [2.45, 2.75) is 6.54 Å². The zero-order valence-corrected chi connectivity index (χ0v) is 8.70. The minimum absolute atomic E-state index is 0.394. The first-order valence-corrected chi connectivity index (χ1v) is 4.67. The van der Waals surface area contributed by atoms with Gasteiger partial charge in [0.05, 0.1) is 31.1 Å². The molecule has 0 saturated heterocycles. The number of methoxy groups -OCH3 is 1. The van der Waals surface area contributed by atoms with Gasteiger partial charge in [0.2, 0.25) is 0 Å². The first kappa shape index (κ1) is 10.3. The number of hydrogen-bond acceptors (Lipinski definition) is 5. The second-order valence-electron chi connectivity index (χ2n) is 3.09. The average molecular weight is 218 g/mol. The molecule has 16 heavy (non-hydrogen) atoms. The highest BCUT2D eigenvalue weighted by atomic mass is 16.5. The highest BCUT2D eigenvalue weighted by Crippen LogP contribution is 2.08. The third-order valence-corrected chi connectivity index (χ3v) is 2.08. The van der Waals surface area contributed by atoms with Gasteiger partial charge in [-0.05, 0) is 12.1 Å². The van der Waals surface area contributed by atoms with Crippen molar-refractivity contribution in [3.05, 3.63) is 42.0 Å². The van der Waals surface area contributed by atoms with Crippen molar-refractivity contribution in [1.29, 1.82) is 0 Å². The van der Waals surface area contributed by atoms with E-state index in [2.05, 4.69) is 20.0 Å². The maximum absolute atomic E-state index is 11.5. The summed E-state index contributed by atoms with van der Waals surface area (Å²) in [7, 11) is 1.34. The molecule has 6 heteroatoms. The van der Waals surface area contributed by atoms with Crippen molar-refractivity contribution in [2.24, 2.45) is 0 Å². The van der Waals surface area contributed by atoms with Crippen LogP contribution in [0.25, 0.3) is 0 Å². The molecule has 6 nitrogen and oxygen atoms in total. The largest absolute Gasteiger partial charge is 0.465 e. The average Bonchev–Trinajstić information content (AvgIpc) is 2.82. The van der Waals surface area contributed by atoms with Crippen LogP contribution in [0, 0.1) is 0 Å². The van der Waals surface area contributed by atoms with Crippen LogP contribution in [0.15, 0.2) is 30.7 Å². The molecular weight excluding hydrogens is 208 g/mol.